The highest BCUT2D eigenvalue weighted by Crippen LogP contribution is 2.64. The van der Waals surface area contributed by atoms with Gasteiger partial charge in [-0.25, -0.2) is 0 Å². The maximum atomic E-state index is 2.62. The second-order valence-electron chi connectivity index (χ2n) is 20.0. The molecule has 0 radical (unpaired) electrons. The molecular formula is C65H47N. The molecule has 0 unspecified atom stereocenters. The Labute approximate surface area is 387 Å². The number of benzene rings is 10. The lowest BCUT2D eigenvalue weighted by Crippen LogP contribution is -2.26. The highest BCUT2D eigenvalue weighted by atomic mass is 15.1. The van der Waals surface area contributed by atoms with Crippen molar-refractivity contribution < 1.29 is 0 Å². The van der Waals surface area contributed by atoms with E-state index in [0.717, 1.165) is 11.4 Å². The van der Waals surface area contributed by atoms with Gasteiger partial charge in [0.1, 0.15) is 0 Å². The van der Waals surface area contributed by atoms with E-state index >= 15 is 0 Å². The van der Waals surface area contributed by atoms with Gasteiger partial charge in [-0.05, 0) is 142 Å². The first-order valence-corrected chi connectivity index (χ1v) is 23.5. The molecule has 4 aliphatic rings. The SMILES string of the molecule is CC1(C)c2ccccc2-c2ccc(N(c3ccc4c(c3)C3(c5ccccc5-c5ccccc53)c3ccccc3-4)c3cc4ccccc4c4c3-c3ccc(-c5ccccc5)cc3C4(C)C)cc21. The maximum Gasteiger partial charge on any atom is 0.0726 e. The molecule has 0 aliphatic heterocycles. The van der Waals surface area contributed by atoms with E-state index in [0.29, 0.717) is 0 Å². The van der Waals surface area contributed by atoms with Gasteiger partial charge < -0.3 is 4.90 Å². The topological polar surface area (TPSA) is 3.24 Å². The zero-order valence-corrected chi connectivity index (χ0v) is 37.7. The van der Waals surface area contributed by atoms with Crippen molar-refractivity contribution in [1.29, 1.82) is 0 Å². The van der Waals surface area contributed by atoms with Gasteiger partial charge in [0.05, 0.1) is 11.1 Å². The minimum absolute atomic E-state index is 0.164. The molecule has 0 saturated heterocycles. The largest absolute Gasteiger partial charge is 0.310 e. The summed E-state index contributed by atoms with van der Waals surface area (Å²) in [6.07, 6.45) is 0. The zero-order chi connectivity index (χ0) is 44.1. The normalized spacial score (nSPS) is 15.3. The van der Waals surface area contributed by atoms with Crippen LogP contribution in [-0.4, -0.2) is 0 Å². The molecule has 10 aromatic rings. The van der Waals surface area contributed by atoms with Crippen molar-refractivity contribution in [2.75, 3.05) is 4.90 Å². The van der Waals surface area contributed by atoms with E-state index in [1.54, 1.807) is 0 Å². The van der Waals surface area contributed by atoms with E-state index in [1.807, 2.05) is 0 Å². The highest BCUT2D eigenvalue weighted by Gasteiger charge is 2.52. The highest BCUT2D eigenvalue weighted by molar-refractivity contribution is 6.07. The first kappa shape index (κ1) is 37.6. The van der Waals surface area contributed by atoms with Crippen LogP contribution < -0.4 is 4.90 Å². The molecule has 66 heavy (non-hydrogen) atoms. The van der Waals surface area contributed by atoms with Crippen molar-refractivity contribution in [3.63, 3.8) is 0 Å². The van der Waals surface area contributed by atoms with Crippen LogP contribution in [0, 0.1) is 0 Å². The minimum atomic E-state index is -0.462. The molecule has 1 spiro atoms. The monoisotopic (exact) mass is 841 g/mol. The van der Waals surface area contributed by atoms with Gasteiger partial charge in [0.25, 0.3) is 0 Å². The lowest BCUT2D eigenvalue weighted by molar-refractivity contribution is 0.660. The van der Waals surface area contributed by atoms with E-state index in [-0.39, 0.29) is 10.8 Å². The van der Waals surface area contributed by atoms with Gasteiger partial charge in [-0.2, -0.15) is 0 Å². The fraction of sp³-hybridized carbons (Fsp3) is 0.108. The van der Waals surface area contributed by atoms with Gasteiger partial charge in [-0.1, -0.05) is 204 Å². The molecule has 312 valence electrons. The number of hydrogen-bond donors (Lipinski definition) is 0. The van der Waals surface area contributed by atoms with Crippen LogP contribution in [0.4, 0.5) is 17.1 Å². The van der Waals surface area contributed by atoms with Crippen molar-refractivity contribution in [3.8, 4) is 55.6 Å². The molecule has 0 amide bonds. The molecule has 0 N–H and O–H groups in total. The second kappa shape index (κ2) is 13.2. The van der Waals surface area contributed by atoms with Gasteiger partial charge in [0.2, 0.25) is 0 Å². The molecule has 0 bridgehead atoms. The Bertz CT molecular complexity index is 3650. The van der Waals surface area contributed by atoms with E-state index < -0.39 is 5.41 Å². The number of hydrogen-bond acceptors (Lipinski definition) is 1. The molecule has 10 aromatic carbocycles. The number of fused-ring (bicyclic) bond motifs is 18. The molecule has 0 aromatic heterocycles. The van der Waals surface area contributed by atoms with E-state index in [2.05, 4.69) is 245 Å². The molecule has 0 fully saturated rings. The van der Waals surface area contributed by atoms with Crippen molar-refractivity contribution in [2.45, 2.75) is 43.9 Å². The van der Waals surface area contributed by atoms with Crippen LogP contribution in [0.2, 0.25) is 0 Å². The molecule has 0 saturated carbocycles. The fourth-order valence-electron chi connectivity index (χ4n) is 13.1. The lowest BCUT2D eigenvalue weighted by atomic mass is 9.70. The quantitative estimate of drug-likeness (QED) is 0.171. The van der Waals surface area contributed by atoms with Crippen molar-refractivity contribution in [1.82, 2.24) is 0 Å². The summed E-state index contributed by atoms with van der Waals surface area (Å²) in [6, 6.07) is 80.7. The predicted octanol–water partition coefficient (Wildman–Crippen LogP) is 16.9. The zero-order valence-electron chi connectivity index (χ0n) is 37.7. The smallest absolute Gasteiger partial charge is 0.0726 e. The summed E-state index contributed by atoms with van der Waals surface area (Å²) < 4.78 is 0. The van der Waals surface area contributed by atoms with Gasteiger partial charge >= 0.3 is 0 Å². The molecule has 1 heteroatoms. The maximum absolute atomic E-state index is 2.62. The van der Waals surface area contributed by atoms with Crippen LogP contribution in [0.3, 0.4) is 0 Å². The molecule has 0 heterocycles. The Morgan fingerprint density at radius 3 is 1.42 bits per heavy atom. The Morgan fingerprint density at radius 2 is 0.788 bits per heavy atom. The molecular weight excluding hydrogens is 795 g/mol. The summed E-state index contributed by atoms with van der Waals surface area (Å²) in [4.78, 5) is 2.62. The Morgan fingerprint density at radius 1 is 0.318 bits per heavy atom. The summed E-state index contributed by atoms with van der Waals surface area (Å²) in [5.41, 5.74) is 26.5. The first-order valence-electron chi connectivity index (χ1n) is 23.5. The van der Waals surface area contributed by atoms with Crippen LogP contribution in [-0.2, 0) is 16.2 Å². The van der Waals surface area contributed by atoms with Crippen LogP contribution in [0.1, 0.15) is 72.2 Å². The van der Waals surface area contributed by atoms with Crippen molar-refractivity contribution in [3.05, 3.63) is 257 Å². The molecule has 14 rings (SSSR count). The molecule has 0 atom stereocenters. The average molecular weight is 842 g/mol. The van der Waals surface area contributed by atoms with Crippen LogP contribution in [0.25, 0.3) is 66.4 Å². The molecule has 1 nitrogen and oxygen atoms in total. The lowest BCUT2D eigenvalue weighted by Gasteiger charge is -2.33. The third kappa shape index (κ3) is 4.75. The van der Waals surface area contributed by atoms with E-state index in [1.165, 1.54) is 117 Å². The minimum Gasteiger partial charge on any atom is -0.310 e. The predicted molar refractivity (Wildman–Crippen MR) is 275 cm³/mol. The van der Waals surface area contributed by atoms with Gasteiger partial charge in [-0.15, -0.1) is 0 Å². The van der Waals surface area contributed by atoms with E-state index in [9.17, 15) is 0 Å². The number of rotatable bonds is 4. The summed E-state index contributed by atoms with van der Waals surface area (Å²) in [5.74, 6) is 0. The Balaban J connectivity index is 1.08. The fourth-order valence-corrected chi connectivity index (χ4v) is 13.1. The third-order valence-electron chi connectivity index (χ3n) is 16.0. The van der Waals surface area contributed by atoms with Gasteiger partial charge in [0, 0.05) is 27.8 Å². The number of anilines is 3. The van der Waals surface area contributed by atoms with E-state index in [4.69, 9.17) is 0 Å². The Hall–Kier alpha value is -7.74. The van der Waals surface area contributed by atoms with Gasteiger partial charge in [0.15, 0.2) is 0 Å². The Kier molecular flexibility index (Phi) is 7.51. The summed E-state index contributed by atoms with van der Waals surface area (Å²) in [6.45, 7) is 9.67. The first-order chi connectivity index (χ1) is 32.3. The number of nitrogens with zero attached hydrogens (tertiary/aromatic N) is 1. The average Bonchev–Trinajstić information content (AvgIpc) is 3.99. The summed E-state index contributed by atoms with van der Waals surface area (Å²) in [7, 11) is 0. The summed E-state index contributed by atoms with van der Waals surface area (Å²) in [5, 5.41) is 2.56. The molecule has 4 aliphatic carbocycles. The standard InChI is InChI=1S/C65H47N/c1-63(2)53-26-14-10-22-46(53)50-34-31-43(38-58(50)63)66(60-37-42-20-8-9-21-45(42)62-61(60)52-33-30-41(36-57(52)64(62,3)4)40-18-6-5-7-19-40)44-32-35-51-49-25-13-17-29-56(49)65(59(51)39-44)54-27-15-11-23-47(54)48-24-12-16-28-55(48)65/h5-39H,1-4H3. The van der Waals surface area contributed by atoms with Crippen LogP contribution in [0.5, 0.6) is 0 Å². The van der Waals surface area contributed by atoms with Crippen molar-refractivity contribution >= 4 is 27.8 Å². The van der Waals surface area contributed by atoms with Crippen molar-refractivity contribution in [2.24, 2.45) is 0 Å². The second-order valence-corrected chi connectivity index (χ2v) is 20.0. The third-order valence-corrected chi connectivity index (χ3v) is 16.0. The van der Waals surface area contributed by atoms with Crippen LogP contribution >= 0.6 is 0 Å². The van der Waals surface area contributed by atoms with Gasteiger partial charge in [-0.3, -0.25) is 0 Å². The summed E-state index contributed by atoms with van der Waals surface area (Å²) >= 11 is 0. The van der Waals surface area contributed by atoms with Crippen LogP contribution in [0.15, 0.2) is 212 Å².